The average Bonchev–Trinajstić information content (AvgIpc) is 2.48. The van der Waals surface area contributed by atoms with Crippen LogP contribution in [0.3, 0.4) is 0 Å². The topological polar surface area (TPSA) is 0 Å². The molecular formula is C22H28. The zero-order valence-corrected chi connectivity index (χ0v) is 14.3. The molecular weight excluding hydrogens is 264 g/mol. The summed E-state index contributed by atoms with van der Waals surface area (Å²) in [5.74, 6) is 0. The van der Waals surface area contributed by atoms with Crippen LogP contribution in [0.2, 0.25) is 0 Å². The molecule has 2 aromatic rings. The zero-order chi connectivity index (χ0) is 15.6. The molecule has 0 aromatic heterocycles. The van der Waals surface area contributed by atoms with E-state index >= 15 is 0 Å². The Kier molecular flexibility index (Phi) is 4.38. The Bertz CT molecular complexity index is 645. The molecule has 0 atom stereocenters. The molecule has 0 amide bonds. The normalized spacial score (nSPS) is 17.4. The van der Waals surface area contributed by atoms with E-state index in [9.17, 15) is 0 Å². The number of hydrogen-bond acceptors (Lipinski definition) is 0. The Morgan fingerprint density at radius 1 is 0.864 bits per heavy atom. The van der Waals surface area contributed by atoms with Gasteiger partial charge in [-0.3, -0.25) is 0 Å². The van der Waals surface area contributed by atoms with Crippen LogP contribution >= 0.6 is 0 Å². The zero-order valence-electron chi connectivity index (χ0n) is 14.3. The van der Waals surface area contributed by atoms with Crippen molar-refractivity contribution in [1.29, 1.82) is 0 Å². The van der Waals surface area contributed by atoms with Gasteiger partial charge in [0.25, 0.3) is 0 Å². The van der Waals surface area contributed by atoms with Gasteiger partial charge in [-0.25, -0.2) is 0 Å². The van der Waals surface area contributed by atoms with Crippen molar-refractivity contribution in [3.05, 3.63) is 70.3 Å². The number of aryl methyl sites for hydroxylation is 2. The maximum Gasteiger partial charge on any atom is -0.00226 e. The highest BCUT2D eigenvalue weighted by Gasteiger charge is 2.30. The second-order valence-electron chi connectivity index (χ2n) is 7.45. The Labute approximate surface area is 135 Å². The largest absolute Gasteiger partial charge is 0.0617 e. The van der Waals surface area contributed by atoms with E-state index < -0.39 is 0 Å². The molecule has 0 saturated heterocycles. The summed E-state index contributed by atoms with van der Waals surface area (Å²) in [6.45, 7) is 6.88. The number of benzene rings is 2. The van der Waals surface area contributed by atoms with Crippen molar-refractivity contribution in [2.24, 2.45) is 0 Å². The van der Waals surface area contributed by atoms with Crippen molar-refractivity contribution < 1.29 is 0 Å². The van der Waals surface area contributed by atoms with Crippen molar-refractivity contribution in [2.45, 2.75) is 64.7 Å². The van der Waals surface area contributed by atoms with Crippen LogP contribution in [0.5, 0.6) is 0 Å². The lowest BCUT2D eigenvalue weighted by Crippen LogP contribution is -2.26. The predicted molar refractivity (Wildman–Crippen MR) is 95.6 cm³/mol. The van der Waals surface area contributed by atoms with Crippen LogP contribution in [0.15, 0.2) is 42.5 Å². The highest BCUT2D eigenvalue weighted by atomic mass is 14.3. The van der Waals surface area contributed by atoms with Gasteiger partial charge in [-0.2, -0.15) is 0 Å². The summed E-state index contributed by atoms with van der Waals surface area (Å²) in [7, 11) is 0. The van der Waals surface area contributed by atoms with E-state index in [0.717, 1.165) is 6.42 Å². The average molecular weight is 292 g/mol. The van der Waals surface area contributed by atoms with Gasteiger partial charge in [0.15, 0.2) is 0 Å². The van der Waals surface area contributed by atoms with Crippen LogP contribution in [0.1, 0.15) is 66.8 Å². The van der Waals surface area contributed by atoms with Crippen molar-refractivity contribution >= 4 is 0 Å². The molecule has 0 spiro atoms. The lowest BCUT2D eigenvalue weighted by atomic mass is 9.69. The summed E-state index contributed by atoms with van der Waals surface area (Å²) in [5.41, 5.74) is 7.69. The van der Waals surface area contributed by atoms with Gasteiger partial charge in [0.2, 0.25) is 0 Å². The van der Waals surface area contributed by atoms with E-state index in [4.69, 9.17) is 0 Å². The van der Waals surface area contributed by atoms with Crippen molar-refractivity contribution in [2.75, 3.05) is 0 Å². The molecule has 0 heteroatoms. The van der Waals surface area contributed by atoms with Gasteiger partial charge in [0, 0.05) is 0 Å². The number of hydrogen-bond donors (Lipinski definition) is 0. The van der Waals surface area contributed by atoms with Gasteiger partial charge < -0.3 is 0 Å². The SMILES string of the molecule is Cc1cccc(Cc2cc(C)ccc2C2(C)CCCCC2)c1. The Hall–Kier alpha value is -1.56. The van der Waals surface area contributed by atoms with Crippen LogP contribution in [0.4, 0.5) is 0 Å². The third-order valence-electron chi connectivity index (χ3n) is 5.35. The first-order valence-corrected chi connectivity index (χ1v) is 8.72. The smallest absolute Gasteiger partial charge is 0.00226 e. The van der Waals surface area contributed by atoms with E-state index in [-0.39, 0.29) is 0 Å². The summed E-state index contributed by atoms with van der Waals surface area (Å²) >= 11 is 0. The summed E-state index contributed by atoms with van der Waals surface area (Å²) in [4.78, 5) is 0. The maximum absolute atomic E-state index is 2.48. The monoisotopic (exact) mass is 292 g/mol. The minimum atomic E-state index is 0.380. The second-order valence-corrected chi connectivity index (χ2v) is 7.45. The first-order chi connectivity index (χ1) is 10.6. The molecule has 1 aliphatic carbocycles. The lowest BCUT2D eigenvalue weighted by molar-refractivity contribution is 0.318. The van der Waals surface area contributed by atoms with E-state index in [1.165, 1.54) is 54.4 Å². The molecule has 22 heavy (non-hydrogen) atoms. The van der Waals surface area contributed by atoms with Gasteiger partial charge in [-0.1, -0.05) is 79.8 Å². The number of rotatable bonds is 3. The Balaban J connectivity index is 1.97. The van der Waals surface area contributed by atoms with Crippen LogP contribution < -0.4 is 0 Å². The van der Waals surface area contributed by atoms with Gasteiger partial charge in [-0.15, -0.1) is 0 Å². The molecule has 0 bridgehead atoms. The third-order valence-corrected chi connectivity index (χ3v) is 5.35. The fraction of sp³-hybridized carbons (Fsp3) is 0.455. The highest BCUT2D eigenvalue weighted by Crippen LogP contribution is 2.41. The van der Waals surface area contributed by atoms with Gasteiger partial charge >= 0.3 is 0 Å². The summed E-state index contributed by atoms with van der Waals surface area (Å²) in [6, 6.07) is 16.1. The quantitative estimate of drug-likeness (QED) is 0.639. The van der Waals surface area contributed by atoms with Crippen LogP contribution in [-0.2, 0) is 11.8 Å². The lowest BCUT2D eigenvalue weighted by Gasteiger charge is -2.36. The van der Waals surface area contributed by atoms with Crippen LogP contribution in [0.25, 0.3) is 0 Å². The highest BCUT2D eigenvalue weighted by molar-refractivity contribution is 5.41. The molecule has 2 aromatic carbocycles. The molecule has 0 radical (unpaired) electrons. The van der Waals surface area contributed by atoms with Crippen molar-refractivity contribution in [3.8, 4) is 0 Å². The minimum absolute atomic E-state index is 0.380. The summed E-state index contributed by atoms with van der Waals surface area (Å²) in [6.07, 6.45) is 7.93. The van der Waals surface area contributed by atoms with Gasteiger partial charge in [-0.05, 0) is 55.2 Å². The molecule has 116 valence electrons. The minimum Gasteiger partial charge on any atom is -0.0617 e. The fourth-order valence-corrected chi connectivity index (χ4v) is 4.10. The summed E-state index contributed by atoms with van der Waals surface area (Å²) < 4.78 is 0. The molecule has 0 nitrogen and oxygen atoms in total. The molecule has 0 heterocycles. The Morgan fingerprint density at radius 3 is 2.32 bits per heavy atom. The molecule has 1 fully saturated rings. The molecule has 0 unspecified atom stereocenters. The summed E-state index contributed by atoms with van der Waals surface area (Å²) in [5, 5.41) is 0. The molecule has 0 aliphatic heterocycles. The van der Waals surface area contributed by atoms with E-state index in [2.05, 4.69) is 63.2 Å². The van der Waals surface area contributed by atoms with E-state index in [1.807, 2.05) is 0 Å². The van der Waals surface area contributed by atoms with Gasteiger partial charge in [0.05, 0.1) is 0 Å². The third kappa shape index (κ3) is 3.27. The van der Waals surface area contributed by atoms with Crippen molar-refractivity contribution in [3.63, 3.8) is 0 Å². The molecule has 1 aliphatic rings. The van der Waals surface area contributed by atoms with Gasteiger partial charge in [0.1, 0.15) is 0 Å². The van der Waals surface area contributed by atoms with Crippen molar-refractivity contribution in [1.82, 2.24) is 0 Å². The fourth-order valence-electron chi connectivity index (χ4n) is 4.10. The first-order valence-electron chi connectivity index (χ1n) is 8.72. The molecule has 1 saturated carbocycles. The predicted octanol–water partition coefficient (Wildman–Crippen LogP) is 6.12. The molecule has 0 N–H and O–H groups in total. The van der Waals surface area contributed by atoms with E-state index in [0.29, 0.717) is 5.41 Å². The maximum atomic E-state index is 2.48. The van der Waals surface area contributed by atoms with Crippen LogP contribution in [-0.4, -0.2) is 0 Å². The van der Waals surface area contributed by atoms with Crippen LogP contribution in [0, 0.1) is 13.8 Å². The van der Waals surface area contributed by atoms with E-state index in [1.54, 1.807) is 5.56 Å². The first kappa shape index (κ1) is 15.3. The molecule has 3 rings (SSSR count). The standard InChI is InChI=1S/C22H28/c1-17-8-7-9-19(14-17)16-20-15-18(2)10-11-21(20)22(3)12-5-4-6-13-22/h7-11,14-15H,4-6,12-13,16H2,1-3H3. The second kappa shape index (κ2) is 6.28. The Morgan fingerprint density at radius 2 is 1.59 bits per heavy atom.